The molecule has 150 valence electrons. The molecule has 0 spiro atoms. The highest BCUT2D eigenvalue weighted by molar-refractivity contribution is 5.94. The standard InChI is InChI=1S/C20H18F5NO2/c1-12-11-14(18(9-10-18)19(21,22)20(23,24)25)5-8-16(12)28-15-6-3-13(4-7-15)17(27)26-2/h3-8,11H,9-10H2,1-2H3,(H,26,27). The molecule has 1 aliphatic carbocycles. The van der Waals surface area contributed by atoms with Crippen molar-refractivity contribution in [2.24, 2.45) is 0 Å². The van der Waals surface area contributed by atoms with Crippen molar-refractivity contribution >= 4 is 5.91 Å². The van der Waals surface area contributed by atoms with E-state index in [0.717, 1.165) is 0 Å². The molecule has 1 N–H and O–H groups in total. The van der Waals surface area contributed by atoms with Gasteiger partial charge in [0.05, 0.1) is 5.41 Å². The maximum absolute atomic E-state index is 14.0. The largest absolute Gasteiger partial charge is 0.457 e. The van der Waals surface area contributed by atoms with E-state index in [2.05, 4.69) is 5.32 Å². The zero-order valence-electron chi connectivity index (χ0n) is 15.2. The number of ether oxygens (including phenoxy) is 1. The molecule has 1 amide bonds. The van der Waals surface area contributed by atoms with Crippen LogP contribution < -0.4 is 10.1 Å². The van der Waals surface area contributed by atoms with Crippen LogP contribution in [0.15, 0.2) is 42.5 Å². The van der Waals surface area contributed by atoms with E-state index in [0.29, 0.717) is 22.6 Å². The molecule has 0 aliphatic heterocycles. The SMILES string of the molecule is CNC(=O)c1ccc(Oc2ccc(C3(C(F)(F)C(F)(F)F)CC3)cc2C)cc1. The Morgan fingerprint density at radius 3 is 2.11 bits per heavy atom. The van der Waals surface area contributed by atoms with Crippen molar-refractivity contribution in [2.45, 2.75) is 37.3 Å². The Balaban J connectivity index is 1.83. The first-order valence-electron chi connectivity index (χ1n) is 8.57. The number of benzene rings is 2. The molecule has 0 aromatic heterocycles. The molecule has 3 rings (SSSR count). The summed E-state index contributed by atoms with van der Waals surface area (Å²) in [6, 6.07) is 10.2. The fraction of sp³-hybridized carbons (Fsp3) is 0.350. The summed E-state index contributed by atoms with van der Waals surface area (Å²) >= 11 is 0. The summed E-state index contributed by atoms with van der Waals surface area (Å²) in [4.78, 5) is 11.5. The number of nitrogens with one attached hydrogen (secondary N) is 1. The predicted molar refractivity (Wildman–Crippen MR) is 93.0 cm³/mol. The van der Waals surface area contributed by atoms with Crippen molar-refractivity contribution in [3.63, 3.8) is 0 Å². The van der Waals surface area contributed by atoms with Gasteiger partial charge in [0, 0.05) is 12.6 Å². The van der Waals surface area contributed by atoms with Crippen LogP contribution in [0.4, 0.5) is 22.0 Å². The van der Waals surface area contributed by atoms with E-state index in [4.69, 9.17) is 4.74 Å². The number of halogens is 5. The second-order valence-corrected chi connectivity index (χ2v) is 6.84. The van der Waals surface area contributed by atoms with Gasteiger partial charge in [0.15, 0.2) is 0 Å². The van der Waals surface area contributed by atoms with Crippen molar-refractivity contribution < 1.29 is 31.5 Å². The molecule has 1 fully saturated rings. The van der Waals surface area contributed by atoms with Gasteiger partial charge in [-0.25, -0.2) is 0 Å². The lowest BCUT2D eigenvalue weighted by Gasteiger charge is -2.29. The average molecular weight is 399 g/mol. The van der Waals surface area contributed by atoms with Gasteiger partial charge >= 0.3 is 12.1 Å². The molecule has 0 radical (unpaired) electrons. The number of alkyl halides is 5. The molecular weight excluding hydrogens is 381 g/mol. The minimum atomic E-state index is -5.60. The lowest BCUT2D eigenvalue weighted by molar-refractivity contribution is -0.296. The number of hydrogen-bond donors (Lipinski definition) is 1. The van der Waals surface area contributed by atoms with Gasteiger partial charge in [-0.3, -0.25) is 4.79 Å². The molecule has 1 aliphatic rings. The molecule has 0 atom stereocenters. The van der Waals surface area contributed by atoms with Crippen molar-refractivity contribution in [3.05, 3.63) is 59.2 Å². The van der Waals surface area contributed by atoms with Crippen LogP contribution in [-0.2, 0) is 5.41 Å². The maximum atomic E-state index is 14.0. The average Bonchev–Trinajstić information content (AvgIpc) is 3.45. The second-order valence-electron chi connectivity index (χ2n) is 6.84. The van der Waals surface area contributed by atoms with Crippen LogP contribution in [0.5, 0.6) is 11.5 Å². The van der Waals surface area contributed by atoms with Crippen LogP contribution in [0.3, 0.4) is 0 Å². The van der Waals surface area contributed by atoms with Gasteiger partial charge in [-0.2, -0.15) is 22.0 Å². The summed E-state index contributed by atoms with van der Waals surface area (Å²) in [5.74, 6) is -4.30. The lowest BCUT2D eigenvalue weighted by atomic mass is 9.87. The second kappa shape index (κ2) is 6.76. The molecule has 28 heavy (non-hydrogen) atoms. The summed E-state index contributed by atoms with van der Waals surface area (Å²) in [7, 11) is 1.51. The Labute approximate surface area is 158 Å². The van der Waals surface area contributed by atoms with Gasteiger partial charge in [0.1, 0.15) is 11.5 Å². The highest BCUT2D eigenvalue weighted by Crippen LogP contribution is 2.63. The van der Waals surface area contributed by atoms with Gasteiger partial charge in [-0.05, 0) is 61.2 Å². The minimum absolute atomic E-state index is 0.0466. The van der Waals surface area contributed by atoms with E-state index in [1.165, 1.54) is 25.2 Å². The first-order valence-corrected chi connectivity index (χ1v) is 8.57. The number of carbonyl (C=O) groups excluding carboxylic acids is 1. The number of aryl methyl sites for hydroxylation is 1. The molecule has 0 bridgehead atoms. The van der Waals surface area contributed by atoms with Crippen LogP contribution in [0.2, 0.25) is 0 Å². The maximum Gasteiger partial charge on any atom is 0.454 e. The first-order chi connectivity index (χ1) is 13.0. The molecule has 8 heteroatoms. The van der Waals surface area contributed by atoms with Crippen molar-refractivity contribution in [3.8, 4) is 11.5 Å². The van der Waals surface area contributed by atoms with Gasteiger partial charge in [-0.1, -0.05) is 12.1 Å². The van der Waals surface area contributed by atoms with Crippen LogP contribution in [0.25, 0.3) is 0 Å². The molecule has 0 unspecified atom stereocenters. The number of carbonyl (C=O) groups is 1. The Hall–Kier alpha value is -2.64. The van der Waals surface area contributed by atoms with E-state index in [9.17, 15) is 26.7 Å². The Kier molecular flexibility index (Phi) is 4.85. The molecule has 0 heterocycles. The summed E-state index contributed by atoms with van der Waals surface area (Å²) in [6.45, 7) is 1.58. The number of amides is 1. The zero-order valence-corrected chi connectivity index (χ0v) is 15.2. The van der Waals surface area contributed by atoms with Crippen LogP contribution in [0.1, 0.15) is 34.3 Å². The predicted octanol–water partition coefficient (Wildman–Crippen LogP) is 5.38. The Bertz CT molecular complexity index is 886. The van der Waals surface area contributed by atoms with Crippen LogP contribution in [0, 0.1) is 6.92 Å². The monoisotopic (exact) mass is 399 g/mol. The van der Waals surface area contributed by atoms with E-state index in [1.807, 2.05) is 0 Å². The highest BCUT2D eigenvalue weighted by Gasteiger charge is 2.75. The summed E-state index contributed by atoms with van der Waals surface area (Å²) < 4.78 is 72.1. The van der Waals surface area contributed by atoms with Crippen molar-refractivity contribution in [2.75, 3.05) is 7.05 Å². The Morgan fingerprint density at radius 1 is 1.04 bits per heavy atom. The fourth-order valence-electron chi connectivity index (χ4n) is 3.19. The van der Waals surface area contributed by atoms with Crippen molar-refractivity contribution in [1.29, 1.82) is 0 Å². The minimum Gasteiger partial charge on any atom is -0.457 e. The highest BCUT2D eigenvalue weighted by atomic mass is 19.4. The van der Waals surface area contributed by atoms with Gasteiger partial charge < -0.3 is 10.1 Å². The molecule has 1 saturated carbocycles. The first kappa shape index (κ1) is 20.1. The third-order valence-corrected chi connectivity index (χ3v) is 5.01. The smallest absolute Gasteiger partial charge is 0.454 e. The zero-order chi connectivity index (χ0) is 20.7. The lowest BCUT2D eigenvalue weighted by Crippen LogP contribution is -2.47. The van der Waals surface area contributed by atoms with Crippen LogP contribution >= 0.6 is 0 Å². The van der Waals surface area contributed by atoms with Crippen LogP contribution in [-0.4, -0.2) is 25.1 Å². The van der Waals surface area contributed by atoms with Gasteiger partial charge in [0.25, 0.3) is 5.91 Å². The quantitative estimate of drug-likeness (QED) is 0.686. The normalized spacial score (nSPS) is 15.8. The van der Waals surface area contributed by atoms with Gasteiger partial charge in [-0.15, -0.1) is 0 Å². The third-order valence-electron chi connectivity index (χ3n) is 5.01. The number of hydrogen-bond acceptors (Lipinski definition) is 2. The molecule has 2 aromatic rings. The Morgan fingerprint density at radius 2 is 1.64 bits per heavy atom. The fourth-order valence-corrected chi connectivity index (χ4v) is 3.19. The van der Waals surface area contributed by atoms with Crippen molar-refractivity contribution in [1.82, 2.24) is 5.32 Å². The summed E-state index contributed by atoms with van der Waals surface area (Å²) in [6.07, 6.45) is -6.04. The topological polar surface area (TPSA) is 38.3 Å². The van der Waals surface area contributed by atoms with E-state index < -0.39 is 17.5 Å². The van der Waals surface area contributed by atoms with Gasteiger partial charge in [0.2, 0.25) is 0 Å². The summed E-state index contributed by atoms with van der Waals surface area (Å²) in [5, 5.41) is 2.49. The molecule has 2 aromatic carbocycles. The molecule has 0 saturated heterocycles. The number of rotatable bonds is 5. The molecule has 3 nitrogen and oxygen atoms in total. The van der Waals surface area contributed by atoms with E-state index in [1.54, 1.807) is 31.2 Å². The van der Waals surface area contributed by atoms with E-state index in [-0.39, 0.29) is 24.3 Å². The van der Waals surface area contributed by atoms with E-state index >= 15 is 0 Å². The summed E-state index contributed by atoms with van der Waals surface area (Å²) in [5.41, 5.74) is -1.37. The third kappa shape index (κ3) is 3.31. The molecular formula is C20H18F5NO2.